The number of nitrogens with zero attached hydrogens (tertiary/aromatic N) is 3. The van der Waals surface area contributed by atoms with Crippen LogP contribution in [0.5, 0.6) is 0 Å². The molecule has 0 unspecified atom stereocenters. The molecule has 1 amide bonds. The number of rotatable bonds is 2. The third kappa shape index (κ3) is 2.40. The van der Waals surface area contributed by atoms with E-state index in [9.17, 15) is 4.79 Å². The molecule has 1 aromatic carbocycles. The monoisotopic (exact) mass is 295 g/mol. The van der Waals surface area contributed by atoms with Crippen molar-refractivity contribution >= 4 is 38.8 Å². The van der Waals surface area contributed by atoms with Crippen LogP contribution in [0.2, 0.25) is 0 Å². The number of aromatic nitrogens is 2. The fourth-order valence-corrected chi connectivity index (χ4v) is 2.79. The summed E-state index contributed by atoms with van der Waals surface area (Å²) in [4.78, 5) is 13.3. The first-order valence-corrected chi connectivity index (χ1v) is 6.82. The maximum Gasteiger partial charge on any atom is 0.267 e. The molecule has 21 heavy (non-hydrogen) atoms. The number of anilines is 2. The van der Waals surface area contributed by atoms with Gasteiger partial charge in [0.05, 0.1) is 23.5 Å². The number of nitrogens with one attached hydrogen (secondary N) is 1. The van der Waals surface area contributed by atoms with Crippen LogP contribution in [0, 0.1) is 11.3 Å². The topological polar surface area (TPSA) is 105 Å². The minimum Gasteiger partial charge on any atom is -0.397 e. The highest BCUT2D eigenvalue weighted by Crippen LogP contribution is 2.32. The van der Waals surface area contributed by atoms with E-state index in [2.05, 4.69) is 15.5 Å². The van der Waals surface area contributed by atoms with Gasteiger partial charge >= 0.3 is 0 Å². The number of thiophene rings is 1. The summed E-state index contributed by atoms with van der Waals surface area (Å²) in [6, 6.07) is 10.4. The number of nitrogens with two attached hydrogens (primary N) is 1. The van der Waals surface area contributed by atoms with Gasteiger partial charge in [0.2, 0.25) is 0 Å². The van der Waals surface area contributed by atoms with Gasteiger partial charge in [0.25, 0.3) is 5.91 Å². The number of nitrogen functional groups attached to an aromatic ring is 1. The van der Waals surface area contributed by atoms with Crippen molar-refractivity contribution in [3.8, 4) is 6.07 Å². The molecule has 6 nitrogen and oxygen atoms in total. The fraction of sp³-hybridized carbons (Fsp3) is 0. The summed E-state index contributed by atoms with van der Waals surface area (Å²) in [5, 5.41) is 19.9. The minimum absolute atomic E-state index is 0.305. The SMILES string of the molecule is N#Cc1ccc(NC(=O)c2sc3nnccc3c2N)cc1. The molecule has 3 N–H and O–H groups in total. The second-order valence-electron chi connectivity index (χ2n) is 4.24. The molecule has 102 valence electrons. The van der Waals surface area contributed by atoms with Crippen LogP contribution in [-0.4, -0.2) is 16.1 Å². The highest BCUT2D eigenvalue weighted by molar-refractivity contribution is 7.21. The number of hydrogen-bond acceptors (Lipinski definition) is 6. The van der Waals surface area contributed by atoms with Crippen LogP contribution >= 0.6 is 11.3 Å². The molecule has 0 fully saturated rings. The number of carbonyl (C=O) groups excluding carboxylic acids is 1. The largest absolute Gasteiger partial charge is 0.397 e. The van der Waals surface area contributed by atoms with E-state index in [1.807, 2.05) is 6.07 Å². The quantitative estimate of drug-likeness (QED) is 0.755. The molecule has 3 rings (SSSR count). The molecular weight excluding hydrogens is 286 g/mol. The Bertz CT molecular complexity index is 863. The molecule has 0 saturated carbocycles. The molecule has 7 heteroatoms. The predicted octanol–water partition coefficient (Wildman–Crippen LogP) is 2.40. The highest BCUT2D eigenvalue weighted by atomic mass is 32.1. The molecule has 0 bridgehead atoms. The Morgan fingerprint density at radius 2 is 2.05 bits per heavy atom. The minimum atomic E-state index is -0.305. The lowest BCUT2D eigenvalue weighted by Crippen LogP contribution is -2.11. The fourth-order valence-electron chi connectivity index (χ4n) is 1.86. The zero-order valence-electron chi connectivity index (χ0n) is 10.7. The molecule has 3 aromatic rings. The summed E-state index contributed by atoms with van der Waals surface area (Å²) in [6.07, 6.45) is 1.54. The molecule has 0 aliphatic rings. The Morgan fingerprint density at radius 1 is 1.29 bits per heavy atom. The highest BCUT2D eigenvalue weighted by Gasteiger charge is 2.17. The molecule has 0 radical (unpaired) electrons. The van der Waals surface area contributed by atoms with Crippen LogP contribution in [0.25, 0.3) is 10.2 Å². The van der Waals surface area contributed by atoms with E-state index in [1.165, 1.54) is 17.5 Å². The molecule has 0 aliphatic heterocycles. The van der Waals surface area contributed by atoms with Crippen LogP contribution in [0.3, 0.4) is 0 Å². The van der Waals surface area contributed by atoms with Crippen LogP contribution in [0.4, 0.5) is 11.4 Å². The second-order valence-corrected chi connectivity index (χ2v) is 5.24. The second kappa shape index (κ2) is 5.19. The summed E-state index contributed by atoms with van der Waals surface area (Å²) in [7, 11) is 0. The van der Waals surface area contributed by atoms with E-state index in [4.69, 9.17) is 11.0 Å². The zero-order chi connectivity index (χ0) is 14.8. The van der Waals surface area contributed by atoms with Gasteiger partial charge in [-0.3, -0.25) is 4.79 Å². The van der Waals surface area contributed by atoms with Gasteiger partial charge in [-0.2, -0.15) is 10.4 Å². The smallest absolute Gasteiger partial charge is 0.267 e. The molecule has 2 aromatic heterocycles. The van der Waals surface area contributed by atoms with Crippen LogP contribution < -0.4 is 11.1 Å². The summed E-state index contributed by atoms with van der Waals surface area (Å²) >= 11 is 1.20. The van der Waals surface area contributed by atoms with E-state index in [-0.39, 0.29) is 5.91 Å². The molecule has 0 aliphatic carbocycles. The summed E-state index contributed by atoms with van der Waals surface area (Å²) in [6.45, 7) is 0. The van der Waals surface area contributed by atoms with Gasteiger partial charge in [-0.1, -0.05) is 0 Å². The number of carbonyl (C=O) groups is 1. The van der Waals surface area contributed by atoms with Gasteiger partial charge in [-0.25, -0.2) is 0 Å². The zero-order valence-corrected chi connectivity index (χ0v) is 11.5. The lowest BCUT2D eigenvalue weighted by molar-refractivity contribution is 0.103. The Kier molecular flexibility index (Phi) is 3.22. The molecular formula is C14H9N5OS. The molecule has 0 saturated heterocycles. The first-order valence-electron chi connectivity index (χ1n) is 6.00. The predicted molar refractivity (Wildman–Crippen MR) is 80.9 cm³/mol. The van der Waals surface area contributed by atoms with Crippen molar-refractivity contribution in [3.05, 3.63) is 47.0 Å². The van der Waals surface area contributed by atoms with Gasteiger partial charge in [0.1, 0.15) is 9.71 Å². The Hall–Kier alpha value is -2.98. The van der Waals surface area contributed by atoms with Gasteiger partial charge in [0, 0.05) is 11.1 Å². The van der Waals surface area contributed by atoms with E-state index >= 15 is 0 Å². The van der Waals surface area contributed by atoms with Crippen molar-refractivity contribution in [2.45, 2.75) is 0 Å². The number of fused-ring (bicyclic) bond motifs is 1. The molecule has 0 spiro atoms. The number of benzene rings is 1. The normalized spacial score (nSPS) is 10.2. The van der Waals surface area contributed by atoms with Crippen molar-refractivity contribution in [1.82, 2.24) is 10.2 Å². The number of hydrogen-bond donors (Lipinski definition) is 2. The van der Waals surface area contributed by atoms with Crippen molar-refractivity contribution in [3.63, 3.8) is 0 Å². The average molecular weight is 295 g/mol. The van der Waals surface area contributed by atoms with Crippen LogP contribution in [0.1, 0.15) is 15.2 Å². The number of amides is 1. The maximum atomic E-state index is 12.3. The van der Waals surface area contributed by atoms with E-state index in [0.29, 0.717) is 26.6 Å². The standard InChI is InChI=1S/C14H9N5OS/c15-7-8-1-3-9(4-2-8)18-13(20)12-11(16)10-5-6-17-19-14(10)21-12/h1-6H,16H2,(H,18,20). The van der Waals surface area contributed by atoms with Crippen molar-refractivity contribution in [2.75, 3.05) is 11.1 Å². The van der Waals surface area contributed by atoms with E-state index in [1.54, 1.807) is 30.3 Å². The Morgan fingerprint density at radius 3 is 2.71 bits per heavy atom. The Labute approximate surface area is 123 Å². The van der Waals surface area contributed by atoms with E-state index in [0.717, 1.165) is 5.39 Å². The van der Waals surface area contributed by atoms with Crippen molar-refractivity contribution < 1.29 is 4.79 Å². The molecule has 2 heterocycles. The van der Waals surface area contributed by atoms with Gasteiger partial charge < -0.3 is 11.1 Å². The average Bonchev–Trinajstić information content (AvgIpc) is 2.86. The third-order valence-corrected chi connectivity index (χ3v) is 4.00. The first-order chi connectivity index (χ1) is 10.2. The lowest BCUT2D eigenvalue weighted by Gasteiger charge is -2.04. The first kappa shape index (κ1) is 13.0. The summed E-state index contributed by atoms with van der Waals surface area (Å²) < 4.78 is 0. The van der Waals surface area contributed by atoms with Crippen molar-refractivity contribution in [2.24, 2.45) is 0 Å². The summed E-state index contributed by atoms with van der Waals surface area (Å²) in [5.74, 6) is -0.305. The third-order valence-electron chi connectivity index (χ3n) is 2.90. The van der Waals surface area contributed by atoms with Crippen molar-refractivity contribution in [1.29, 1.82) is 5.26 Å². The maximum absolute atomic E-state index is 12.3. The number of nitriles is 1. The van der Waals surface area contributed by atoms with Gasteiger partial charge in [-0.05, 0) is 30.3 Å². The van der Waals surface area contributed by atoms with Crippen LogP contribution in [0.15, 0.2) is 36.5 Å². The van der Waals surface area contributed by atoms with E-state index < -0.39 is 0 Å². The Balaban J connectivity index is 1.90. The van der Waals surface area contributed by atoms with Crippen LogP contribution in [-0.2, 0) is 0 Å². The van der Waals surface area contributed by atoms with Gasteiger partial charge in [0.15, 0.2) is 0 Å². The molecule has 0 atom stereocenters. The van der Waals surface area contributed by atoms with Gasteiger partial charge in [-0.15, -0.1) is 16.4 Å². The lowest BCUT2D eigenvalue weighted by atomic mass is 10.2. The summed E-state index contributed by atoms with van der Waals surface area (Å²) in [5.41, 5.74) is 7.51.